The highest BCUT2D eigenvalue weighted by molar-refractivity contribution is 5.17. The number of rotatable bonds is 7. The Balaban J connectivity index is 2.17. The van der Waals surface area contributed by atoms with Crippen molar-refractivity contribution in [2.45, 2.75) is 33.0 Å². The Morgan fingerprint density at radius 1 is 0.810 bits per heavy atom. The van der Waals surface area contributed by atoms with E-state index in [2.05, 4.69) is 67.3 Å². The minimum Gasteiger partial charge on any atom is -0.395 e. The second-order valence-corrected chi connectivity index (χ2v) is 5.87. The van der Waals surface area contributed by atoms with E-state index in [9.17, 15) is 5.11 Å². The zero-order valence-electron chi connectivity index (χ0n) is 12.9. The summed E-state index contributed by atoms with van der Waals surface area (Å²) in [6.45, 7) is 6.25. The summed E-state index contributed by atoms with van der Waals surface area (Å²) >= 11 is 0. The lowest BCUT2D eigenvalue weighted by atomic mass is 10.0. The van der Waals surface area contributed by atoms with Crippen molar-refractivity contribution in [2.75, 3.05) is 6.61 Å². The number of nitrogens with zero attached hydrogens (tertiary/aromatic N) is 1. The van der Waals surface area contributed by atoms with Crippen LogP contribution in [0.1, 0.15) is 25.0 Å². The number of aliphatic hydroxyl groups excluding tert-OH is 1. The number of hydrogen-bond donors (Lipinski definition) is 1. The molecule has 0 aliphatic heterocycles. The molecule has 1 unspecified atom stereocenters. The lowest BCUT2D eigenvalue weighted by molar-refractivity contribution is 0.0784. The van der Waals surface area contributed by atoms with E-state index in [0.29, 0.717) is 5.92 Å². The molecule has 2 heteroatoms. The van der Waals surface area contributed by atoms with Crippen molar-refractivity contribution in [1.82, 2.24) is 4.90 Å². The molecular weight excluding hydrogens is 258 g/mol. The minimum atomic E-state index is 0.172. The van der Waals surface area contributed by atoms with Gasteiger partial charge in [0.1, 0.15) is 0 Å². The van der Waals surface area contributed by atoms with Gasteiger partial charge in [0.25, 0.3) is 0 Å². The molecule has 0 fully saturated rings. The molecule has 0 radical (unpaired) electrons. The molecule has 0 heterocycles. The zero-order chi connectivity index (χ0) is 15.1. The molecule has 0 bridgehead atoms. The fraction of sp³-hybridized carbons (Fsp3) is 0.368. The Bertz CT molecular complexity index is 468. The highest BCUT2D eigenvalue weighted by Crippen LogP contribution is 2.18. The maximum absolute atomic E-state index is 9.78. The maximum Gasteiger partial charge on any atom is 0.0589 e. The zero-order valence-corrected chi connectivity index (χ0v) is 12.9. The molecule has 0 saturated heterocycles. The van der Waals surface area contributed by atoms with Crippen molar-refractivity contribution in [3.8, 4) is 0 Å². The quantitative estimate of drug-likeness (QED) is 0.837. The standard InChI is InChI=1S/C19H25NO/c1-16(2)19(15-21)20(13-17-9-5-3-6-10-17)14-18-11-7-4-8-12-18/h3-12,16,19,21H,13-15H2,1-2H3. The largest absolute Gasteiger partial charge is 0.395 e. The molecule has 0 aliphatic rings. The summed E-state index contributed by atoms with van der Waals surface area (Å²) in [6.07, 6.45) is 0. The summed E-state index contributed by atoms with van der Waals surface area (Å²) in [4.78, 5) is 2.37. The highest BCUT2D eigenvalue weighted by Gasteiger charge is 2.21. The van der Waals surface area contributed by atoms with Crippen LogP contribution in [0.3, 0.4) is 0 Å². The van der Waals surface area contributed by atoms with E-state index >= 15 is 0 Å². The minimum absolute atomic E-state index is 0.172. The number of aliphatic hydroxyl groups is 1. The van der Waals surface area contributed by atoms with Gasteiger partial charge in [-0.3, -0.25) is 4.90 Å². The molecule has 112 valence electrons. The summed E-state index contributed by atoms with van der Waals surface area (Å²) in [7, 11) is 0. The van der Waals surface area contributed by atoms with E-state index < -0.39 is 0 Å². The molecule has 0 aromatic heterocycles. The third-order valence-corrected chi connectivity index (χ3v) is 3.88. The van der Waals surface area contributed by atoms with Crippen LogP contribution in [-0.2, 0) is 13.1 Å². The van der Waals surface area contributed by atoms with Gasteiger partial charge in [-0.2, -0.15) is 0 Å². The Kier molecular flexibility index (Phi) is 5.97. The fourth-order valence-electron chi connectivity index (χ4n) is 2.67. The van der Waals surface area contributed by atoms with Crippen molar-refractivity contribution in [1.29, 1.82) is 0 Å². The first-order valence-corrected chi connectivity index (χ1v) is 7.63. The fourth-order valence-corrected chi connectivity index (χ4v) is 2.67. The Morgan fingerprint density at radius 3 is 1.57 bits per heavy atom. The van der Waals surface area contributed by atoms with Crippen LogP contribution in [0.2, 0.25) is 0 Å². The average Bonchev–Trinajstić information content (AvgIpc) is 2.49. The second kappa shape index (κ2) is 7.96. The van der Waals surface area contributed by atoms with Gasteiger partial charge in [-0.15, -0.1) is 0 Å². The first-order valence-electron chi connectivity index (χ1n) is 7.63. The van der Waals surface area contributed by atoms with E-state index in [1.807, 2.05) is 12.1 Å². The van der Waals surface area contributed by atoms with Gasteiger partial charge < -0.3 is 5.11 Å². The summed E-state index contributed by atoms with van der Waals surface area (Å²) in [5.41, 5.74) is 2.57. The van der Waals surface area contributed by atoms with Gasteiger partial charge >= 0.3 is 0 Å². The lowest BCUT2D eigenvalue weighted by Gasteiger charge is -2.33. The summed E-state index contributed by atoms with van der Waals surface area (Å²) in [6, 6.07) is 21.1. The van der Waals surface area contributed by atoms with Crippen LogP contribution in [0.25, 0.3) is 0 Å². The Morgan fingerprint density at radius 2 is 1.24 bits per heavy atom. The van der Waals surface area contributed by atoms with E-state index in [1.54, 1.807) is 0 Å². The Hall–Kier alpha value is -1.64. The molecular formula is C19H25NO. The normalized spacial score (nSPS) is 12.8. The third kappa shape index (κ3) is 4.69. The molecule has 2 aromatic rings. The molecule has 1 N–H and O–H groups in total. The van der Waals surface area contributed by atoms with Gasteiger partial charge in [-0.25, -0.2) is 0 Å². The SMILES string of the molecule is CC(C)C(CO)N(Cc1ccccc1)Cc1ccccc1. The summed E-state index contributed by atoms with van der Waals surface area (Å²) in [5.74, 6) is 0.419. The van der Waals surface area contributed by atoms with E-state index in [0.717, 1.165) is 13.1 Å². The molecule has 21 heavy (non-hydrogen) atoms. The molecule has 0 amide bonds. The molecule has 2 nitrogen and oxygen atoms in total. The first kappa shape index (κ1) is 15.7. The molecule has 1 atom stereocenters. The van der Waals surface area contributed by atoms with E-state index in [-0.39, 0.29) is 12.6 Å². The molecule has 2 rings (SSSR count). The van der Waals surface area contributed by atoms with Crippen molar-refractivity contribution < 1.29 is 5.11 Å². The van der Waals surface area contributed by atoms with Crippen LogP contribution < -0.4 is 0 Å². The lowest BCUT2D eigenvalue weighted by Crippen LogP contribution is -2.40. The molecule has 0 aliphatic carbocycles. The predicted molar refractivity (Wildman–Crippen MR) is 87.8 cm³/mol. The van der Waals surface area contributed by atoms with Crippen molar-refractivity contribution in [3.63, 3.8) is 0 Å². The van der Waals surface area contributed by atoms with E-state index in [4.69, 9.17) is 0 Å². The highest BCUT2D eigenvalue weighted by atomic mass is 16.3. The molecule has 0 spiro atoms. The predicted octanol–water partition coefficient (Wildman–Crippen LogP) is 3.71. The molecule has 0 saturated carbocycles. The topological polar surface area (TPSA) is 23.5 Å². The Labute approximate surface area is 128 Å². The second-order valence-electron chi connectivity index (χ2n) is 5.87. The van der Waals surface area contributed by atoms with Gasteiger partial charge in [0, 0.05) is 19.1 Å². The van der Waals surface area contributed by atoms with Crippen LogP contribution in [-0.4, -0.2) is 22.7 Å². The van der Waals surface area contributed by atoms with Gasteiger partial charge in [-0.05, 0) is 17.0 Å². The van der Waals surface area contributed by atoms with Gasteiger partial charge in [0.05, 0.1) is 6.61 Å². The van der Waals surface area contributed by atoms with E-state index in [1.165, 1.54) is 11.1 Å². The van der Waals surface area contributed by atoms with Crippen LogP contribution in [0.15, 0.2) is 60.7 Å². The first-order chi connectivity index (χ1) is 10.2. The summed E-state index contributed by atoms with van der Waals surface area (Å²) < 4.78 is 0. The van der Waals surface area contributed by atoms with Crippen LogP contribution >= 0.6 is 0 Å². The maximum atomic E-state index is 9.78. The van der Waals surface area contributed by atoms with Crippen LogP contribution in [0.5, 0.6) is 0 Å². The summed E-state index contributed by atoms with van der Waals surface area (Å²) in [5, 5.41) is 9.78. The number of benzene rings is 2. The molecule has 2 aromatic carbocycles. The van der Waals surface area contributed by atoms with Crippen molar-refractivity contribution >= 4 is 0 Å². The average molecular weight is 283 g/mol. The monoisotopic (exact) mass is 283 g/mol. The smallest absolute Gasteiger partial charge is 0.0589 e. The van der Waals surface area contributed by atoms with Crippen LogP contribution in [0, 0.1) is 5.92 Å². The number of hydrogen-bond acceptors (Lipinski definition) is 2. The van der Waals surface area contributed by atoms with Gasteiger partial charge in [0.15, 0.2) is 0 Å². The van der Waals surface area contributed by atoms with Crippen LogP contribution in [0.4, 0.5) is 0 Å². The van der Waals surface area contributed by atoms with Crippen molar-refractivity contribution in [2.24, 2.45) is 5.92 Å². The third-order valence-electron chi connectivity index (χ3n) is 3.88. The van der Waals surface area contributed by atoms with Crippen molar-refractivity contribution in [3.05, 3.63) is 71.8 Å². The van der Waals surface area contributed by atoms with Gasteiger partial charge in [0.2, 0.25) is 0 Å². The van der Waals surface area contributed by atoms with Gasteiger partial charge in [-0.1, -0.05) is 74.5 Å².